The Balaban J connectivity index is 0.000000357. The number of rotatable bonds is 19. The molecule has 10 nitrogen and oxygen atoms in total. The Hall–Kier alpha value is -4.60. The Kier molecular flexibility index (Phi) is 29.0. The van der Waals surface area contributed by atoms with E-state index in [4.69, 9.17) is 31.0 Å². The van der Waals surface area contributed by atoms with Crippen molar-refractivity contribution in [3.63, 3.8) is 0 Å². The molecule has 13 heteroatoms. The number of hydrogen-bond donors (Lipinski definition) is 2. The molecule has 3 atom stereocenters. The Morgan fingerprint density at radius 3 is 2.27 bits per heavy atom. The largest absolute Gasteiger partial charge is 0.504 e. The summed E-state index contributed by atoms with van der Waals surface area (Å²) in [5.74, 6) is 3.05. The fraction of sp³-hybridized carbons (Fsp3) is 0.515. The minimum atomic E-state index is -0.250. The molecule has 432 valence electrons. The molecule has 4 aromatic carbocycles. The van der Waals surface area contributed by atoms with E-state index in [9.17, 15) is 14.0 Å². The van der Waals surface area contributed by atoms with Crippen molar-refractivity contribution < 1.29 is 69.0 Å². The number of likely N-dealkylation sites (N-methyl/N-ethyl adjacent to an activating group) is 1. The van der Waals surface area contributed by atoms with E-state index in [1.54, 1.807) is 12.1 Å². The van der Waals surface area contributed by atoms with Crippen LogP contribution in [0.3, 0.4) is 0 Å². The number of benzene rings is 4. The van der Waals surface area contributed by atoms with Gasteiger partial charge in [-0.25, -0.2) is 10.9 Å². The van der Waals surface area contributed by atoms with Gasteiger partial charge in [0.15, 0.2) is 6.61 Å². The molecule has 3 unspecified atom stereocenters. The number of carbonyl (C=O) groups excluding carboxylic acids is 2. The molecule has 1 saturated heterocycles. The zero-order valence-corrected chi connectivity index (χ0v) is 55.2. The van der Waals surface area contributed by atoms with Gasteiger partial charge in [-0.1, -0.05) is 134 Å². The van der Waals surface area contributed by atoms with E-state index < -0.39 is 0 Å². The molecule has 1 fully saturated rings. The first-order chi connectivity index (χ1) is 37.0. The van der Waals surface area contributed by atoms with Gasteiger partial charge in [-0.05, 0) is 130 Å². The van der Waals surface area contributed by atoms with Crippen LogP contribution in [0.2, 0.25) is 5.02 Å². The van der Waals surface area contributed by atoms with Crippen LogP contribution < -0.4 is 14.8 Å². The van der Waals surface area contributed by atoms with Crippen molar-refractivity contribution in [2.75, 3.05) is 46.9 Å². The van der Waals surface area contributed by atoms with Gasteiger partial charge >= 0.3 is 0 Å². The number of nitrogens with one attached hydrogen (secondary N) is 1. The molecule has 3 aliphatic heterocycles. The number of halogens is 2. The predicted molar refractivity (Wildman–Crippen MR) is 323 cm³/mol. The Labute approximate surface area is 503 Å². The first-order valence-electron chi connectivity index (χ1n) is 28.5. The molecule has 2 N–H and O–H groups in total. The molecule has 0 radical (unpaired) electrons. The van der Waals surface area contributed by atoms with Crippen molar-refractivity contribution in [2.24, 2.45) is 17.8 Å². The molecule has 3 heterocycles. The molecule has 0 aromatic heterocycles. The molecule has 0 bridgehead atoms. The monoisotopic (exact) mass is 1330 g/mol. The van der Waals surface area contributed by atoms with E-state index in [-0.39, 0.29) is 67.9 Å². The van der Waals surface area contributed by atoms with Gasteiger partial charge < -0.3 is 34.2 Å². The molecular weight excluding hydrogens is 1240 g/mol. The van der Waals surface area contributed by atoms with E-state index in [0.717, 1.165) is 107 Å². The normalized spacial score (nSPS) is 17.2. The number of quaternary nitrogens is 1. The van der Waals surface area contributed by atoms with E-state index in [1.807, 2.05) is 52.7 Å². The summed E-state index contributed by atoms with van der Waals surface area (Å²) < 4.78 is 26.8. The first-order valence-corrected chi connectivity index (χ1v) is 28.9. The fourth-order valence-electron chi connectivity index (χ4n) is 10.7. The number of piperidine rings is 1. The summed E-state index contributed by atoms with van der Waals surface area (Å²) in [6, 6.07) is 20.9. The van der Waals surface area contributed by atoms with Crippen LogP contribution in [0, 0.1) is 68.2 Å². The van der Waals surface area contributed by atoms with Crippen molar-refractivity contribution in [1.82, 2.24) is 15.1 Å². The van der Waals surface area contributed by atoms with Crippen LogP contribution in [0.15, 0.2) is 84.5 Å². The number of carbonyl (C=O) groups is 3. The van der Waals surface area contributed by atoms with Crippen molar-refractivity contribution in [3.05, 3.63) is 130 Å². The van der Waals surface area contributed by atoms with Crippen LogP contribution in [-0.4, -0.2) is 96.7 Å². The third kappa shape index (κ3) is 19.3. The summed E-state index contributed by atoms with van der Waals surface area (Å²) in [5.41, 5.74) is 12.3. The maximum atomic E-state index is 13.7. The smallest absolute Gasteiger partial charge is 0.290 e. The van der Waals surface area contributed by atoms with Crippen LogP contribution in [0.25, 0.3) is 27.6 Å². The van der Waals surface area contributed by atoms with E-state index in [0.29, 0.717) is 36.8 Å². The molecule has 7 rings (SSSR count). The molecule has 4 aromatic rings. The Morgan fingerprint density at radius 2 is 1.66 bits per heavy atom. The first kappa shape index (κ1) is 68.7. The number of amides is 2. The van der Waals surface area contributed by atoms with Gasteiger partial charge in [0, 0.05) is 95.5 Å². The second-order valence-corrected chi connectivity index (χ2v) is 23.3. The summed E-state index contributed by atoms with van der Waals surface area (Å²) >= 11 is 6.93. The van der Waals surface area contributed by atoms with Crippen molar-refractivity contribution in [2.45, 2.75) is 160 Å². The molecule has 0 spiro atoms. The van der Waals surface area contributed by atoms with Gasteiger partial charge in [0.05, 0.1) is 27.2 Å². The molecular formula is C66H94ClFN4O6U. The SMILES string of the molecule is C=C1c2cccc(OCC(=O)N(CC(C)C)CC(C)C)c2CN1C1CC[CH-]NC1=O.CC/C(C)=C(/CCCOc1cccc2cc(F)ccc12)c1ccc(Cl)c(C2=C(C)CC[N+](C)(C)C2C)c1C.CCCC(C)CC.O=CO.[U]. The molecule has 79 heavy (non-hydrogen) atoms. The number of hydrogen-bond acceptors (Lipinski definition) is 6. The summed E-state index contributed by atoms with van der Waals surface area (Å²) in [6.07, 6.45) is 9.62. The van der Waals surface area contributed by atoms with Crippen LogP contribution in [-0.2, 0) is 20.9 Å². The van der Waals surface area contributed by atoms with Crippen molar-refractivity contribution in [3.8, 4) is 11.5 Å². The molecule has 3 aliphatic rings. The number of carboxylic acid groups (broad SMARTS) is 1. The van der Waals surface area contributed by atoms with Crippen LogP contribution in [0.5, 0.6) is 11.5 Å². The zero-order valence-electron chi connectivity index (χ0n) is 50.3. The summed E-state index contributed by atoms with van der Waals surface area (Å²) in [4.78, 5) is 37.4. The van der Waals surface area contributed by atoms with E-state index in [1.165, 1.54) is 64.3 Å². The minimum Gasteiger partial charge on any atom is -0.504 e. The van der Waals surface area contributed by atoms with Gasteiger partial charge in [-0.3, -0.25) is 14.4 Å². The summed E-state index contributed by atoms with van der Waals surface area (Å²) in [5, 5.41) is 12.4. The maximum absolute atomic E-state index is 13.7. The third-order valence-corrected chi connectivity index (χ3v) is 16.0. The predicted octanol–water partition coefficient (Wildman–Crippen LogP) is 15.6. The second-order valence-electron chi connectivity index (χ2n) is 22.8. The van der Waals surface area contributed by atoms with Gasteiger partial charge in [0.25, 0.3) is 12.4 Å². The van der Waals surface area contributed by atoms with Crippen LogP contribution in [0.4, 0.5) is 4.39 Å². The van der Waals surface area contributed by atoms with E-state index in [2.05, 4.69) is 121 Å². The number of ether oxygens (including phenoxy) is 2. The minimum absolute atomic E-state index is 0. The van der Waals surface area contributed by atoms with Crippen LogP contribution >= 0.6 is 11.6 Å². The molecule has 0 saturated carbocycles. The summed E-state index contributed by atoms with van der Waals surface area (Å²) in [7, 11) is 4.65. The van der Waals surface area contributed by atoms with E-state index >= 15 is 0 Å². The number of nitrogens with zero attached hydrogens (tertiary/aromatic N) is 3. The Bertz CT molecular complexity index is 2710. The average molecular weight is 1330 g/mol. The zero-order chi connectivity index (χ0) is 57.9. The molecule has 2 amide bonds. The topological polar surface area (TPSA) is 108 Å². The van der Waals surface area contributed by atoms with Crippen molar-refractivity contribution in [1.29, 1.82) is 0 Å². The quantitative estimate of drug-likeness (QED) is 0.0417. The van der Waals surface area contributed by atoms with Crippen LogP contribution in [0.1, 0.15) is 162 Å². The number of allylic oxidation sites excluding steroid dienone is 2. The second kappa shape index (κ2) is 33.4. The van der Waals surface area contributed by atoms with Gasteiger partial charge in [-0.15, -0.1) is 0 Å². The van der Waals surface area contributed by atoms with Gasteiger partial charge in [-0.2, -0.15) is 6.42 Å². The van der Waals surface area contributed by atoms with Gasteiger partial charge in [0.1, 0.15) is 29.4 Å². The molecule has 0 aliphatic carbocycles. The fourth-order valence-corrected chi connectivity index (χ4v) is 11.0. The summed E-state index contributed by atoms with van der Waals surface area (Å²) in [6.45, 7) is 36.2. The Morgan fingerprint density at radius 1 is 1.00 bits per heavy atom. The third-order valence-electron chi connectivity index (χ3n) is 15.7. The standard InChI is InChI=1S/C34H42ClFNO.C24H34N3O3.C7H16.CH2O2.U/c1-8-22(2)28(12-10-20-38-32-13-9-11-26-21-27(36)14-15-30(26)32)29-16-17-31(35)34(24(29)4)33-23(3)18-19-37(6,7)25(33)5;1-16(2)12-26(13-17(3)4)23(28)15-30-22-10-6-8-19-18(5)27(14-20(19)22)21-9-7-11-25-24(21)29;1-4-6-7(3)5-2;2-1-3;/h9,11,13-17,21,25H,8,10,12,18-20H2,1-7H3;6,8,10-11,16-17,21H,5,7,9,12-15H2,1-4H3,(H,25,29);7H,4-6H2,1-3H3;1H,(H,2,3);/q+1;-1;;;/b28-22-;;;;. The van der Waals surface area contributed by atoms with Gasteiger partial charge in [0.2, 0.25) is 5.91 Å². The number of fused-ring (bicyclic) bond motifs is 2. The van der Waals surface area contributed by atoms with Crippen molar-refractivity contribution >= 4 is 57.5 Å². The average Bonchev–Trinajstić information content (AvgIpc) is 3.79. The maximum Gasteiger partial charge on any atom is 0.290 e.